The molecule has 0 aliphatic rings. The Bertz CT molecular complexity index is 883. The number of aromatic nitrogens is 2. The molecular formula is C16H13N3O3. The predicted molar refractivity (Wildman–Crippen MR) is 82.2 cm³/mol. The zero-order chi connectivity index (χ0) is 15.7. The minimum atomic E-state index is -1.04. The number of carbonyl (C=O) groups is 2. The Morgan fingerprint density at radius 2 is 1.95 bits per heavy atom. The number of aromatic carboxylic acids is 1. The van der Waals surface area contributed by atoms with Gasteiger partial charge in [-0.2, -0.15) is 0 Å². The molecule has 3 aromatic rings. The smallest absolute Gasteiger partial charge is 0.335 e. The number of benzene rings is 2. The van der Waals surface area contributed by atoms with E-state index in [9.17, 15) is 9.59 Å². The maximum Gasteiger partial charge on any atom is 0.335 e. The van der Waals surface area contributed by atoms with Gasteiger partial charge in [-0.05, 0) is 43.3 Å². The average Bonchev–Trinajstić information content (AvgIpc) is 2.86. The van der Waals surface area contributed by atoms with Gasteiger partial charge < -0.3 is 15.4 Å². The number of hydrogen-bond donors (Lipinski definition) is 3. The summed E-state index contributed by atoms with van der Waals surface area (Å²) in [6.07, 6.45) is 0. The summed E-state index contributed by atoms with van der Waals surface area (Å²) in [7, 11) is 0. The Balaban J connectivity index is 1.86. The van der Waals surface area contributed by atoms with Gasteiger partial charge in [0.15, 0.2) is 0 Å². The molecule has 0 saturated heterocycles. The number of rotatable bonds is 3. The van der Waals surface area contributed by atoms with Gasteiger partial charge in [-0.25, -0.2) is 9.78 Å². The largest absolute Gasteiger partial charge is 0.478 e. The van der Waals surface area contributed by atoms with E-state index in [2.05, 4.69) is 15.3 Å². The molecule has 0 bridgehead atoms. The number of amides is 1. The van der Waals surface area contributed by atoms with Gasteiger partial charge in [0.25, 0.3) is 5.91 Å². The maximum atomic E-state index is 12.3. The number of H-pyrrole nitrogens is 1. The molecular weight excluding hydrogens is 282 g/mol. The molecule has 0 saturated carbocycles. The van der Waals surface area contributed by atoms with Crippen LogP contribution in [0.2, 0.25) is 0 Å². The molecule has 0 fully saturated rings. The SMILES string of the molecule is Cc1nc2ccc(C(=O)Nc3cccc(C(=O)O)c3)cc2[nH]1. The molecule has 6 nitrogen and oxygen atoms in total. The number of fused-ring (bicyclic) bond motifs is 1. The van der Waals surface area contributed by atoms with Gasteiger partial charge in [-0.3, -0.25) is 4.79 Å². The molecule has 22 heavy (non-hydrogen) atoms. The van der Waals surface area contributed by atoms with E-state index in [0.29, 0.717) is 11.3 Å². The van der Waals surface area contributed by atoms with Crippen LogP contribution in [0.5, 0.6) is 0 Å². The van der Waals surface area contributed by atoms with Gasteiger partial charge in [0.1, 0.15) is 5.82 Å². The summed E-state index contributed by atoms with van der Waals surface area (Å²) >= 11 is 0. The number of hydrogen-bond acceptors (Lipinski definition) is 3. The number of anilines is 1. The van der Waals surface area contributed by atoms with Crippen molar-refractivity contribution in [3.05, 3.63) is 59.4 Å². The van der Waals surface area contributed by atoms with Crippen LogP contribution >= 0.6 is 0 Å². The van der Waals surface area contributed by atoms with Crippen LogP contribution in [0.3, 0.4) is 0 Å². The van der Waals surface area contributed by atoms with Crippen LogP contribution in [-0.2, 0) is 0 Å². The van der Waals surface area contributed by atoms with Crippen LogP contribution in [0.15, 0.2) is 42.5 Å². The highest BCUT2D eigenvalue weighted by atomic mass is 16.4. The maximum absolute atomic E-state index is 12.3. The lowest BCUT2D eigenvalue weighted by Gasteiger charge is -2.06. The fraction of sp³-hybridized carbons (Fsp3) is 0.0625. The fourth-order valence-corrected chi connectivity index (χ4v) is 2.21. The molecule has 3 N–H and O–H groups in total. The molecule has 1 aromatic heterocycles. The number of carboxylic acids is 1. The van der Waals surface area contributed by atoms with Gasteiger partial charge >= 0.3 is 5.97 Å². The van der Waals surface area contributed by atoms with Crippen molar-refractivity contribution in [2.45, 2.75) is 6.92 Å². The Kier molecular flexibility index (Phi) is 3.34. The van der Waals surface area contributed by atoms with Crippen LogP contribution in [0, 0.1) is 6.92 Å². The molecule has 2 aromatic carbocycles. The number of aromatic amines is 1. The first-order chi connectivity index (χ1) is 10.5. The molecule has 110 valence electrons. The van der Waals surface area contributed by atoms with Crippen molar-refractivity contribution >= 4 is 28.6 Å². The summed E-state index contributed by atoms with van der Waals surface area (Å²) in [4.78, 5) is 30.5. The summed E-state index contributed by atoms with van der Waals surface area (Å²) in [6, 6.07) is 11.3. The Morgan fingerprint density at radius 1 is 1.14 bits per heavy atom. The first-order valence-electron chi connectivity index (χ1n) is 6.64. The van der Waals surface area contributed by atoms with Crippen molar-refractivity contribution in [1.82, 2.24) is 9.97 Å². The highest BCUT2D eigenvalue weighted by Gasteiger charge is 2.10. The third-order valence-electron chi connectivity index (χ3n) is 3.23. The summed E-state index contributed by atoms with van der Waals surface area (Å²) < 4.78 is 0. The van der Waals surface area contributed by atoms with Crippen LogP contribution in [0.25, 0.3) is 11.0 Å². The van der Waals surface area contributed by atoms with Crippen LogP contribution in [0.4, 0.5) is 5.69 Å². The minimum absolute atomic E-state index is 0.123. The number of aryl methyl sites for hydroxylation is 1. The van der Waals surface area contributed by atoms with Gasteiger partial charge in [0.05, 0.1) is 16.6 Å². The molecule has 0 spiro atoms. The van der Waals surface area contributed by atoms with Crippen LogP contribution in [-0.4, -0.2) is 27.0 Å². The van der Waals surface area contributed by atoms with Gasteiger partial charge in [-0.1, -0.05) is 6.07 Å². The summed E-state index contributed by atoms with van der Waals surface area (Å²) in [5.74, 6) is -0.566. The third-order valence-corrected chi connectivity index (χ3v) is 3.23. The molecule has 0 atom stereocenters. The molecule has 1 heterocycles. The number of carboxylic acid groups (broad SMARTS) is 1. The van der Waals surface area contributed by atoms with E-state index in [0.717, 1.165) is 16.9 Å². The van der Waals surface area contributed by atoms with Crippen LogP contribution < -0.4 is 5.32 Å². The van der Waals surface area contributed by atoms with Gasteiger partial charge in [-0.15, -0.1) is 0 Å². The molecule has 0 aliphatic heterocycles. The van der Waals surface area contributed by atoms with Crippen LogP contribution in [0.1, 0.15) is 26.5 Å². The first-order valence-corrected chi connectivity index (χ1v) is 6.64. The zero-order valence-electron chi connectivity index (χ0n) is 11.8. The highest BCUT2D eigenvalue weighted by molar-refractivity contribution is 6.06. The molecule has 0 aliphatic carbocycles. The van der Waals surface area contributed by atoms with E-state index in [4.69, 9.17) is 5.11 Å². The Hall–Kier alpha value is -3.15. The second kappa shape index (κ2) is 5.33. The lowest BCUT2D eigenvalue weighted by Crippen LogP contribution is -2.12. The Morgan fingerprint density at radius 3 is 2.73 bits per heavy atom. The quantitative estimate of drug-likeness (QED) is 0.692. The van der Waals surface area contributed by atoms with Crippen molar-refractivity contribution in [2.75, 3.05) is 5.32 Å². The summed E-state index contributed by atoms with van der Waals surface area (Å²) in [5.41, 5.74) is 2.60. The van der Waals surface area contributed by atoms with E-state index < -0.39 is 5.97 Å². The standard InChI is InChI=1S/C16H13N3O3/c1-9-17-13-6-5-10(8-14(13)18-9)15(20)19-12-4-2-3-11(7-12)16(21)22/h2-8H,1H3,(H,17,18)(H,19,20)(H,21,22). The monoisotopic (exact) mass is 295 g/mol. The predicted octanol–water partition coefficient (Wildman–Crippen LogP) is 2.82. The number of nitrogens with one attached hydrogen (secondary N) is 2. The molecule has 0 unspecified atom stereocenters. The first kappa shape index (κ1) is 13.8. The zero-order valence-corrected chi connectivity index (χ0v) is 11.8. The topological polar surface area (TPSA) is 95.1 Å². The van der Waals surface area contributed by atoms with Crippen molar-refractivity contribution in [1.29, 1.82) is 0 Å². The third kappa shape index (κ3) is 2.67. The van der Waals surface area contributed by atoms with Crippen molar-refractivity contribution in [2.24, 2.45) is 0 Å². The van der Waals surface area contributed by atoms with E-state index in [1.807, 2.05) is 6.92 Å². The number of imidazole rings is 1. The normalized spacial score (nSPS) is 10.6. The molecule has 0 radical (unpaired) electrons. The average molecular weight is 295 g/mol. The molecule has 1 amide bonds. The van der Waals surface area contributed by atoms with Crippen molar-refractivity contribution in [3.8, 4) is 0 Å². The van der Waals surface area contributed by atoms with E-state index in [1.54, 1.807) is 30.3 Å². The van der Waals surface area contributed by atoms with E-state index in [-0.39, 0.29) is 11.5 Å². The fourth-order valence-electron chi connectivity index (χ4n) is 2.21. The Labute approximate surface area is 125 Å². The van der Waals surface area contributed by atoms with E-state index in [1.165, 1.54) is 12.1 Å². The summed E-state index contributed by atoms with van der Waals surface area (Å²) in [5, 5.41) is 11.6. The van der Waals surface area contributed by atoms with Gasteiger partial charge in [0.2, 0.25) is 0 Å². The second-order valence-corrected chi connectivity index (χ2v) is 4.89. The summed E-state index contributed by atoms with van der Waals surface area (Å²) in [6.45, 7) is 1.84. The number of carbonyl (C=O) groups excluding carboxylic acids is 1. The lowest BCUT2D eigenvalue weighted by molar-refractivity contribution is 0.0696. The number of nitrogens with zero attached hydrogens (tertiary/aromatic N) is 1. The van der Waals surface area contributed by atoms with Crippen molar-refractivity contribution < 1.29 is 14.7 Å². The highest BCUT2D eigenvalue weighted by Crippen LogP contribution is 2.16. The molecule has 3 rings (SSSR count). The lowest BCUT2D eigenvalue weighted by atomic mass is 10.1. The van der Waals surface area contributed by atoms with Gasteiger partial charge in [0, 0.05) is 11.3 Å². The minimum Gasteiger partial charge on any atom is -0.478 e. The van der Waals surface area contributed by atoms with E-state index >= 15 is 0 Å². The molecule has 6 heteroatoms. The van der Waals surface area contributed by atoms with Crippen molar-refractivity contribution in [3.63, 3.8) is 0 Å². The second-order valence-electron chi connectivity index (χ2n) is 4.89.